The van der Waals surface area contributed by atoms with Crippen LogP contribution in [0.4, 0.5) is 0 Å². The highest BCUT2D eigenvalue weighted by atomic mass is 16.4. The Hall–Kier alpha value is -2.02. The quantitative estimate of drug-likeness (QED) is 0.713. The van der Waals surface area contributed by atoms with Gasteiger partial charge in [0.25, 0.3) is 0 Å². The monoisotopic (exact) mass is 179 g/mol. The van der Waals surface area contributed by atoms with Gasteiger partial charge >= 0.3 is 5.97 Å². The summed E-state index contributed by atoms with van der Waals surface area (Å²) in [5.74, 6) is -0.713. The van der Waals surface area contributed by atoms with Gasteiger partial charge in [-0.05, 0) is 17.7 Å². The van der Waals surface area contributed by atoms with Gasteiger partial charge in [0.1, 0.15) is 5.75 Å². The molecule has 0 radical (unpaired) electrons. The zero-order valence-corrected chi connectivity index (χ0v) is 6.84. The first-order valence-corrected chi connectivity index (χ1v) is 3.44. The number of nitrogens with zero attached hydrogens (tertiary/aromatic N) is 1. The molecule has 0 spiro atoms. The highest BCUT2D eigenvalue weighted by Gasteiger charge is 1.98. The molecule has 0 bridgehead atoms. The van der Waals surface area contributed by atoms with Crippen LogP contribution in [-0.2, 0) is 11.2 Å². The van der Waals surface area contributed by atoms with Crippen molar-refractivity contribution in [1.82, 2.24) is 0 Å². The number of nitriles is 1. The molecule has 0 aliphatic heterocycles. The van der Waals surface area contributed by atoms with E-state index in [2.05, 4.69) is 6.57 Å². The third kappa shape index (κ3) is 4.43. The Labute approximate surface area is 75.7 Å². The van der Waals surface area contributed by atoms with Crippen LogP contribution in [0.5, 0.6) is 5.75 Å². The lowest BCUT2D eigenvalue weighted by Gasteiger charge is -1.95. The summed E-state index contributed by atoms with van der Waals surface area (Å²) in [6.07, 6.45) is 0.000278. The highest BCUT2D eigenvalue weighted by molar-refractivity contribution is 5.70. The fraction of sp³-hybridized carbons (Fsp3) is 0.111. The molecule has 0 aliphatic rings. The maximum absolute atomic E-state index is 10.2. The number of hydrogen-bond acceptors (Lipinski definition) is 3. The number of rotatable bonds is 2. The van der Waals surface area contributed by atoms with Gasteiger partial charge in [-0.3, -0.25) is 4.79 Å². The maximum Gasteiger partial charge on any atom is 0.307 e. The second-order valence-electron chi connectivity index (χ2n) is 2.24. The lowest BCUT2D eigenvalue weighted by atomic mass is 10.1. The van der Waals surface area contributed by atoms with Gasteiger partial charge < -0.3 is 10.2 Å². The number of carboxylic acids is 1. The molecule has 0 aliphatic carbocycles. The van der Waals surface area contributed by atoms with Crippen molar-refractivity contribution in [1.29, 1.82) is 5.26 Å². The maximum atomic E-state index is 10.2. The minimum atomic E-state index is -0.865. The molecule has 2 N–H and O–H groups in total. The molecule has 0 heterocycles. The molecule has 0 fully saturated rings. The second-order valence-corrected chi connectivity index (χ2v) is 2.24. The van der Waals surface area contributed by atoms with Gasteiger partial charge in [-0.25, -0.2) is 5.26 Å². The fourth-order valence-electron chi connectivity index (χ4n) is 0.788. The number of aromatic hydroxyl groups is 1. The van der Waals surface area contributed by atoms with E-state index in [1.807, 2.05) is 0 Å². The molecular weight excluding hydrogens is 170 g/mol. The Balaban J connectivity index is 0.000000671. The minimum absolute atomic E-state index is 0.000278. The van der Waals surface area contributed by atoms with E-state index in [0.29, 0.717) is 5.56 Å². The Morgan fingerprint density at radius 1 is 1.31 bits per heavy atom. The largest absolute Gasteiger partial charge is 0.508 e. The van der Waals surface area contributed by atoms with Crippen molar-refractivity contribution in [3.05, 3.63) is 29.8 Å². The van der Waals surface area contributed by atoms with E-state index >= 15 is 0 Å². The van der Waals surface area contributed by atoms with E-state index in [9.17, 15) is 4.79 Å². The van der Waals surface area contributed by atoms with Crippen LogP contribution in [0.15, 0.2) is 24.3 Å². The summed E-state index contributed by atoms with van der Waals surface area (Å²) < 4.78 is 0. The SMILES string of the molecule is C#N.O=C(O)Cc1ccc(O)cc1. The molecule has 0 atom stereocenters. The summed E-state index contributed by atoms with van der Waals surface area (Å²) in [5, 5.41) is 23.7. The van der Waals surface area contributed by atoms with E-state index in [1.165, 1.54) is 12.1 Å². The molecule has 13 heavy (non-hydrogen) atoms. The molecule has 0 saturated carbocycles. The van der Waals surface area contributed by atoms with Gasteiger partial charge in [-0.15, -0.1) is 0 Å². The van der Waals surface area contributed by atoms with E-state index < -0.39 is 5.97 Å². The second kappa shape index (κ2) is 5.61. The summed E-state index contributed by atoms with van der Waals surface area (Å²) in [7, 11) is 0. The number of carboxylic acid groups (broad SMARTS) is 1. The van der Waals surface area contributed by atoms with Crippen LogP contribution in [0, 0.1) is 11.8 Å². The highest BCUT2D eigenvalue weighted by Crippen LogP contribution is 2.09. The van der Waals surface area contributed by atoms with Gasteiger partial charge in [-0.1, -0.05) is 12.1 Å². The van der Waals surface area contributed by atoms with Gasteiger partial charge in [0, 0.05) is 6.57 Å². The normalized spacial score (nSPS) is 8.15. The molecular formula is C9H9NO3. The standard InChI is InChI=1S/C8H8O3.CHN/c9-7-3-1-6(2-4-7)5-8(10)11;1-2/h1-4,9H,5H2,(H,10,11);1H. The first-order chi connectivity index (χ1) is 6.18. The van der Waals surface area contributed by atoms with Crippen molar-refractivity contribution in [3.8, 4) is 12.3 Å². The minimum Gasteiger partial charge on any atom is -0.508 e. The van der Waals surface area contributed by atoms with Crippen LogP contribution in [0.25, 0.3) is 0 Å². The molecule has 4 nitrogen and oxygen atoms in total. The first kappa shape index (κ1) is 11.0. The number of carbonyl (C=O) groups is 1. The van der Waals surface area contributed by atoms with Gasteiger partial charge in [0.05, 0.1) is 6.42 Å². The number of benzene rings is 1. The van der Waals surface area contributed by atoms with Crippen LogP contribution in [0.3, 0.4) is 0 Å². The zero-order valence-electron chi connectivity index (χ0n) is 6.84. The summed E-state index contributed by atoms with van der Waals surface area (Å²) in [4.78, 5) is 10.2. The predicted molar refractivity (Wildman–Crippen MR) is 46.1 cm³/mol. The van der Waals surface area contributed by atoms with Gasteiger partial charge in [0.15, 0.2) is 0 Å². The van der Waals surface area contributed by atoms with Crippen LogP contribution in [-0.4, -0.2) is 16.2 Å². The molecule has 1 aromatic carbocycles. The van der Waals surface area contributed by atoms with E-state index in [-0.39, 0.29) is 12.2 Å². The third-order valence-electron chi connectivity index (χ3n) is 1.29. The van der Waals surface area contributed by atoms with Crippen molar-refractivity contribution in [2.75, 3.05) is 0 Å². The molecule has 0 unspecified atom stereocenters. The topological polar surface area (TPSA) is 81.3 Å². The smallest absolute Gasteiger partial charge is 0.307 e. The van der Waals surface area contributed by atoms with Crippen molar-refractivity contribution >= 4 is 5.97 Å². The van der Waals surface area contributed by atoms with Crippen LogP contribution in [0.1, 0.15) is 5.56 Å². The Morgan fingerprint density at radius 3 is 2.15 bits per heavy atom. The molecule has 1 aromatic rings. The van der Waals surface area contributed by atoms with E-state index in [0.717, 1.165) is 0 Å². The Kier molecular flexibility index (Phi) is 4.74. The summed E-state index contributed by atoms with van der Waals surface area (Å²) >= 11 is 0. The van der Waals surface area contributed by atoms with Crippen molar-refractivity contribution in [3.63, 3.8) is 0 Å². The lowest BCUT2D eigenvalue weighted by Crippen LogP contribution is -1.98. The number of hydrogen-bond donors (Lipinski definition) is 2. The average molecular weight is 179 g/mol. The van der Waals surface area contributed by atoms with E-state index in [4.69, 9.17) is 15.5 Å². The lowest BCUT2D eigenvalue weighted by molar-refractivity contribution is -0.136. The zero-order chi connectivity index (χ0) is 10.3. The van der Waals surface area contributed by atoms with E-state index in [1.54, 1.807) is 12.1 Å². The molecule has 4 heteroatoms. The third-order valence-corrected chi connectivity index (χ3v) is 1.29. The Bertz CT molecular complexity index is 289. The predicted octanol–water partition coefficient (Wildman–Crippen LogP) is 1.16. The number of phenolic OH excluding ortho intramolecular Hbond substituents is 1. The molecule has 0 saturated heterocycles. The Morgan fingerprint density at radius 2 is 1.77 bits per heavy atom. The summed E-state index contributed by atoms with van der Waals surface area (Å²) in [6, 6.07) is 6.11. The number of phenols is 1. The molecule has 1 rings (SSSR count). The van der Waals surface area contributed by atoms with Gasteiger partial charge in [0.2, 0.25) is 0 Å². The average Bonchev–Trinajstić information content (AvgIpc) is 2.12. The molecule has 0 amide bonds. The van der Waals surface area contributed by atoms with Crippen LogP contribution < -0.4 is 0 Å². The molecule has 68 valence electrons. The van der Waals surface area contributed by atoms with Crippen LogP contribution >= 0.6 is 0 Å². The summed E-state index contributed by atoms with van der Waals surface area (Å²) in [6.45, 7) is 3.50. The molecule has 0 aromatic heterocycles. The van der Waals surface area contributed by atoms with Crippen molar-refractivity contribution in [2.24, 2.45) is 0 Å². The van der Waals surface area contributed by atoms with Crippen LogP contribution in [0.2, 0.25) is 0 Å². The van der Waals surface area contributed by atoms with Crippen molar-refractivity contribution < 1.29 is 15.0 Å². The summed E-state index contributed by atoms with van der Waals surface area (Å²) in [5.41, 5.74) is 0.690. The number of aliphatic carboxylic acids is 1. The van der Waals surface area contributed by atoms with Crippen molar-refractivity contribution in [2.45, 2.75) is 6.42 Å². The first-order valence-electron chi connectivity index (χ1n) is 3.44. The van der Waals surface area contributed by atoms with Gasteiger partial charge in [-0.2, -0.15) is 0 Å². The fourth-order valence-corrected chi connectivity index (χ4v) is 0.788.